The van der Waals surface area contributed by atoms with Crippen LogP contribution in [0.25, 0.3) is 0 Å². The van der Waals surface area contributed by atoms with Crippen LogP contribution in [0.4, 0.5) is 5.69 Å². The van der Waals surface area contributed by atoms with Crippen LogP contribution in [0.15, 0.2) is 29.3 Å². The zero-order valence-electron chi connectivity index (χ0n) is 8.79. The molecule has 1 aromatic carbocycles. The van der Waals surface area contributed by atoms with Gasteiger partial charge >= 0.3 is 0 Å². The fourth-order valence-corrected chi connectivity index (χ4v) is 2.11. The predicted molar refractivity (Wildman–Crippen MR) is 65.9 cm³/mol. The van der Waals surface area contributed by atoms with Crippen LogP contribution in [-0.4, -0.2) is 18.2 Å². The Morgan fingerprint density at radius 2 is 2.12 bits per heavy atom. The highest BCUT2D eigenvalue weighted by atomic mass is 79.9. The number of ketones is 1. The Labute approximate surface area is 102 Å². The van der Waals surface area contributed by atoms with Crippen LogP contribution in [0, 0.1) is 6.92 Å². The van der Waals surface area contributed by atoms with E-state index in [-0.39, 0.29) is 0 Å². The monoisotopic (exact) mass is 279 g/mol. The van der Waals surface area contributed by atoms with Gasteiger partial charge in [-0.3, -0.25) is 14.5 Å². The van der Waals surface area contributed by atoms with Crippen molar-refractivity contribution in [2.45, 2.75) is 6.92 Å². The van der Waals surface area contributed by atoms with Gasteiger partial charge in [0.2, 0.25) is 0 Å². The number of amides is 1. The smallest absolute Gasteiger partial charge is 0.299 e. The van der Waals surface area contributed by atoms with E-state index in [2.05, 4.69) is 22.5 Å². The van der Waals surface area contributed by atoms with Crippen molar-refractivity contribution in [2.24, 2.45) is 0 Å². The minimum Gasteiger partial charge on any atom is -0.300 e. The molecule has 2 rings (SSSR count). The van der Waals surface area contributed by atoms with E-state index in [0.717, 1.165) is 5.56 Å². The number of carbonyl (C=O) groups is 2. The number of rotatable bonds is 2. The number of hydrogen-bond donors (Lipinski definition) is 0. The Balaban J connectivity index is 2.56. The lowest BCUT2D eigenvalue weighted by Crippen LogP contribution is -2.30. The van der Waals surface area contributed by atoms with Crippen LogP contribution in [-0.2, 0) is 4.79 Å². The van der Waals surface area contributed by atoms with Gasteiger partial charge in [0, 0.05) is 4.48 Å². The molecule has 0 fully saturated rings. The number of Topliss-reactive ketones (excluding diaryl/α,β-unsaturated/α-hetero) is 1. The van der Waals surface area contributed by atoms with E-state index < -0.39 is 11.7 Å². The van der Waals surface area contributed by atoms with Gasteiger partial charge in [-0.2, -0.15) is 0 Å². The van der Waals surface area contributed by atoms with Gasteiger partial charge in [-0.05, 0) is 18.6 Å². The first-order valence-corrected chi connectivity index (χ1v) is 5.60. The average Bonchev–Trinajstić information content (AvgIpc) is 2.45. The van der Waals surface area contributed by atoms with Crippen molar-refractivity contribution in [2.75, 3.05) is 11.4 Å². The Hall–Kier alpha value is -1.42. The van der Waals surface area contributed by atoms with Crippen molar-refractivity contribution in [3.63, 3.8) is 0 Å². The fourth-order valence-electron chi connectivity index (χ4n) is 1.86. The number of hydrogen-bond acceptors (Lipinski definition) is 2. The number of halogens is 1. The van der Waals surface area contributed by atoms with Gasteiger partial charge in [-0.15, -0.1) is 0 Å². The fraction of sp³-hybridized carbons (Fsp3) is 0.167. The summed E-state index contributed by atoms with van der Waals surface area (Å²) >= 11 is 3.21. The highest BCUT2D eigenvalue weighted by molar-refractivity contribution is 9.11. The van der Waals surface area contributed by atoms with Crippen molar-refractivity contribution < 1.29 is 9.59 Å². The lowest BCUT2D eigenvalue weighted by Gasteiger charge is -2.17. The molecule has 0 atom stereocenters. The number of fused-ring (bicyclic) bond motifs is 1. The first-order valence-electron chi connectivity index (χ1n) is 4.81. The molecule has 3 nitrogen and oxygen atoms in total. The lowest BCUT2D eigenvalue weighted by molar-refractivity contribution is -0.114. The second kappa shape index (κ2) is 3.87. The molecule has 0 saturated heterocycles. The topological polar surface area (TPSA) is 37.4 Å². The van der Waals surface area contributed by atoms with Gasteiger partial charge < -0.3 is 0 Å². The molecule has 0 saturated carbocycles. The molecule has 0 bridgehead atoms. The van der Waals surface area contributed by atoms with Crippen LogP contribution >= 0.6 is 15.9 Å². The normalized spacial score (nSPS) is 14.2. The highest BCUT2D eigenvalue weighted by Gasteiger charge is 2.36. The molecule has 0 unspecified atom stereocenters. The van der Waals surface area contributed by atoms with Crippen LogP contribution in [0.1, 0.15) is 15.9 Å². The zero-order chi connectivity index (χ0) is 11.9. The van der Waals surface area contributed by atoms with Gasteiger partial charge in [0.05, 0.1) is 17.8 Å². The molecule has 0 aliphatic carbocycles. The molecule has 0 aromatic heterocycles. The Morgan fingerprint density at radius 1 is 1.44 bits per heavy atom. The van der Waals surface area contributed by atoms with E-state index in [1.807, 2.05) is 13.0 Å². The largest absolute Gasteiger partial charge is 0.300 e. The molecular weight excluding hydrogens is 270 g/mol. The van der Waals surface area contributed by atoms with Crippen molar-refractivity contribution >= 4 is 33.3 Å². The maximum absolute atomic E-state index is 11.8. The Kier molecular flexibility index (Phi) is 2.68. The van der Waals surface area contributed by atoms with Crippen molar-refractivity contribution in [3.8, 4) is 0 Å². The van der Waals surface area contributed by atoms with Crippen LogP contribution < -0.4 is 4.90 Å². The van der Waals surface area contributed by atoms with E-state index in [9.17, 15) is 9.59 Å². The molecule has 0 N–H and O–H groups in total. The lowest BCUT2D eigenvalue weighted by atomic mass is 10.1. The molecule has 1 aromatic rings. The summed E-state index contributed by atoms with van der Waals surface area (Å²) in [5.74, 6) is -0.919. The first kappa shape index (κ1) is 11.1. The van der Waals surface area contributed by atoms with Crippen LogP contribution in [0.3, 0.4) is 0 Å². The van der Waals surface area contributed by atoms with Crippen molar-refractivity contribution in [1.82, 2.24) is 0 Å². The number of para-hydroxylation sites is 1. The summed E-state index contributed by atoms with van der Waals surface area (Å²) in [5, 5.41) is 0. The summed E-state index contributed by atoms with van der Waals surface area (Å²) in [6.45, 7) is 5.90. The van der Waals surface area contributed by atoms with E-state index in [4.69, 9.17) is 0 Å². The third kappa shape index (κ3) is 1.59. The summed E-state index contributed by atoms with van der Waals surface area (Å²) in [6, 6.07) is 5.35. The number of nitrogens with zero attached hydrogens (tertiary/aromatic N) is 1. The first-order chi connectivity index (χ1) is 7.52. The molecule has 0 radical (unpaired) electrons. The molecule has 4 heteroatoms. The maximum atomic E-state index is 11.8. The van der Waals surface area contributed by atoms with E-state index in [0.29, 0.717) is 22.3 Å². The average molecular weight is 280 g/mol. The third-order valence-electron chi connectivity index (χ3n) is 2.52. The molecule has 1 aliphatic heterocycles. The van der Waals surface area contributed by atoms with Gasteiger partial charge in [-0.1, -0.05) is 34.6 Å². The molecular formula is C12H10BrNO2. The summed E-state index contributed by atoms with van der Waals surface area (Å²) in [4.78, 5) is 24.9. The minimum absolute atomic E-state index is 0.322. The standard InChI is InChI=1S/C12H10BrNO2/c1-7-4-3-5-9-10(7)14(6-8(2)13)12(16)11(9)15/h3-5H,2,6H2,1H3. The molecule has 1 heterocycles. The molecule has 16 heavy (non-hydrogen) atoms. The predicted octanol–water partition coefficient (Wildman–Crippen LogP) is 2.43. The second-order valence-electron chi connectivity index (χ2n) is 3.71. The highest BCUT2D eigenvalue weighted by Crippen LogP contribution is 2.32. The quantitative estimate of drug-likeness (QED) is 0.780. The van der Waals surface area contributed by atoms with Crippen molar-refractivity contribution in [1.29, 1.82) is 0 Å². The van der Waals surface area contributed by atoms with Crippen molar-refractivity contribution in [3.05, 3.63) is 40.4 Å². The third-order valence-corrected chi connectivity index (χ3v) is 2.77. The van der Waals surface area contributed by atoms with Crippen LogP contribution in [0.2, 0.25) is 0 Å². The Bertz CT molecular complexity index is 508. The summed E-state index contributed by atoms with van der Waals surface area (Å²) in [6.07, 6.45) is 0. The molecule has 1 amide bonds. The Morgan fingerprint density at radius 3 is 2.75 bits per heavy atom. The summed E-state index contributed by atoms with van der Waals surface area (Å²) in [5.41, 5.74) is 2.11. The van der Waals surface area contributed by atoms with Gasteiger partial charge in [0.25, 0.3) is 11.7 Å². The van der Waals surface area contributed by atoms with Gasteiger partial charge in [-0.25, -0.2) is 0 Å². The number of anilines is 1. The SMILES string of the molecule is C=C(Br)CN1C(=O)C(=O)c2cccc(C)c21. The van der Waals surface area contributed by atoms with Gasteiger partial charge in [0.1, 0.15) is 0 Å². The second-order valence-corrected chi connectivity index (χ2v) is 4.83. The van der Waals surface area contributed by atoms with Gasteiger partial charge in [0.15, 0.2) is 0 Å². The maximum Gasteiger partial charge on any atom is 0.299 e. The van der Waals surface area contributed by atoms with E-state index >= 15 is 0 Å². The minimum atomic E-state index is -0.482. The van der Waals surface area contributed by atoms with E-state index in [1.54, 1.807) is 12.1 Å². The molecule has 1 aliphatic rings. The summed E-state index contributed by atoms with van der Waals surface area (Å²) < 4.78 is 0.671. The van der Waals surface area contributed by atoms with Crippen LogP contribution in [0.5, 0.6) is 0 Å². The number of carbonyl (C=O) groups excluding carboxylic acids is 2. The number of aryl methyl sites for hydroxylation is 1. The number of benzene rings is 1. The zero-order valence-corrected chi connectivity index (χ0v) is 10.4. The summed E-state index contributed by atoms with van der Waals surface area (Å²) in [7, 11) is 0. The van der Waals surface area contributed by atoms with E-state index in [1.165, 1.54) is 4.90 Å². The molecule has 82 valence electrons. The molecule has 0 spiro atoms.